The van der Waals surface area contributed by atoms with Gasteiger partial charge < -0.3 is 4.74 Å². The van der Waals surface area contributed by atoms with Gasteiger partial charge in [-0.15, -0.1) is 0 Å². The molecule has 0 amide bonds. The molecule has 0 atom stereocenters. The minimum absolute atomic E-state index is 0.156. The Bertz CT molecular complexity index is 337. The Morgan fingerprint density at radius 2 is 2.14 bits per heavy atom. The second-order valence-electron chi connectivity index (χ2n) is 2.90. The Kier molecular flexibility index (Phi) is 3.56. The van der Waals surface area contributed by atoms with Gasteiger partial charge in [-0.1, -0.05) is 6.92 Å². The van der Waals surface area contributed by atoms with Crippen LogP contribution in [-0.4, -0.2) is 22.5 Å². The van der Waals surface area contributed by atoms with E-state index < -0.39 is 5.97 Å². The van der Waals surface area contributed by atoms with E-state index in [1.807, 2.05) is 19.9 Å². The highest BCUT2D eigenvalue weighted by Gasteiger charge is 2.11. The third kappa shape index (κ3) is 2.52. The van der Waals surface area contributed by atoms with Gasteiger partial charge in [0, 0.05) is 11.4 Å². The van der Waals surface area contributed by atoms with Gasteiger partial charge in [-0.2, -0.15) is 0 Å². The lowest BCUT2D eigenvalue weighted by atomic mass is 10.3. The SMILES string of the molecule is CCOC(=O)c1nc(C)cc(CC)n1. The lowest BCUT2D eigenvalue weighted by molar-refractivity contribution is 0.0511. The van der Waals surface area contributed by atoms with Crippen LogP contribution in [0, 0.1) is 6.92 Å². The lowest BCUT2D eigenvalue weighted by Crippen LogP contribution is -2.11. The van der Waals surface area contributed by atoms with E-state index in [-0.39, 0.29) is 5.82 Å². The summed E-state index contributed by atoms with van der Waals surface area (Å²) in [5.41, 5.74) is 1.65. The summed E-state index contributed by atoms with van der Waals surface area (Å²) in [6, 6.07) is 1.86. The Hall–Kier alpha value is -1.45. The van der Waals surface area contributed by atoms with Crippen molar-refractivity contribution in [1.29, 1.82) is 0 Å². The van der Waals surface area contributed by atoms with Crippen LogP contribution in [0.3, 0.4) is 0 Å². The third-order valence-electron chi connectivity index (χ3n) is 1.73. The summed E-state index contributed by atoms with van der Waals surface area (Å²) in [6.45, 7) is 5.92. The number of hydrogen-bond donors (Lipinski definition) is 0. The zero-order valence-corrected chi connectivity index (χ0v) is 8.70. The topological polar surface area (TPSA) is 52.1 Å². The second kappa shape index (κ2) is 4.69. The summed E-state index contributed by atoms with van der Waals surface area (Å²) >= 11 is 0. The van der Waals surface area contributed by atoms with E-state index in [4.69, 9.17) is 4.74 Å². The van der Waals surface area contributed by atoms with Gasteiger partial charge in [-0.25, -0.2) is 14.8 Å². The molecule has 4 nitrogen and oxygen atoms in total. The number of nitrogens with zero attached hydrogens (tertiary/aromatic N) is 2. The summed E-state index contributed by atoms with van der Waals surface area (Å²) in [6.07, 6.45) is 0.787. The molecule has 0 saturated heterocycles. The van der Waals surface area contributed by atoms with E-state index in [0.29, 0.717) is 6.61 Å². The van der Waals surface area contributed by atoms with Gasteiger partial charge in [-0.05, 0) is 26.3 Å². The molecule has 1 aromatic heterocycles. The first-order chi connectivity index (χ1) is 6.67. The largest absolute Gasteiger partial charge is 0.460 e. The number of carbonyl (C=O) groups excluding carboxylic acids is 1. The molecule has 14 heavy (non-hydrogen) atoms. The molecule has 0 unspecified atom stereocenters. The average Bonchev–Trinajstić information content (AvgIpc) is 2.17. The fourth-order valence-electron chi connectivity index (χ4n) is 1.10. The predicted octanol–water partition coefficient (Wildman–Crippen LogP) is 1.52. The number of aryl methyl sites for hydroxylation is 2. The molecule has 0 spiro atoms. The highest BCUT2D eigenvalue weighted by Crippen LogP contribution is 2.02. The summed E-state index contributed by atoms with van der Waals surface area (Å²) in [5.74, 6) is -0.297. The van der Waals surface area contributed by atoms with E-state index in [1.165, 1.54) is 0 Å². The summed E-state index contributed by atoms with van der Waals surface area (Å²) in [4.78, 5) is 19.4. The van der Waals surface area contributed by atoms with E-state index >= 15 is 0 Å². The van der Waals surface area contributed by atoms with E-state index in [9.17, 15) is 4.79 Å². The van der Waals surface area contributed by atoms with Gasteiger partial charge in [0.15, 0.2) is 0 Å². The van der Waals surface area contributed by atoms with Gasteiger partial charge in [0.05, 0.1) is 6.61 Å². The molecule has 0 N–H and O–H groups in total. The molecule has 0 saturated carbocycles. The molecule has 1 rings (SSSR count). The summed E-state index contributed by atoms with van der Waals surface area (Å²) < 4.78 is 4.82. The molecule has 0 radical (unpaired) electrons. The number of hydrogen-bond acceptors (Lipinski definition) is 4. The molecular formula is C10H14N2O2. The molecule has 0 bridgehead atoms. The number of ether oxygens (including phenoxy) is 1. The molecule has 0 aliphatic rings. The van der Waals surface area contributed by atoms with E-state index in [0.717, 1.165) is 17.8 Å². The number of rotatable bonds is 3. The van der Waals surface area contributed by atoms with Crippen molar-refractivity contribution in [3.63, 3.8) is 0 Å². The lowest BCUT2D eigenvalue weighted by Gasteiger charge is -2.03. The van der Waals surface area contributed by atoms with Crippen molar-refractivity contribution < 1.29 is 9.53 Å². The number of aromatic nitrogens is 2. The maximum absolute atomic E-state index is 11.3. The van der Waals surface area contributed by atoms with Crippen molar-refractivity contribution in [3.05, 3.63) is 23.3 Å². The van der Waals surface area contributed by atoms with Crippen molar-refractivity contribution in [2.24, 2.45) is 0 Å². The zero-order chi connectivity index (χ0) is 10.6. The minimum Gasteiger partial charge on any atom is -0.460 e. The molecule has 0 aliphatic carbocycles. The van der Waals surface area contributed by atoms with Crippen molar-refractivity contribution in [3.8, 4) is 0 Å². The molecule has 0 aliphatic heterocycles. The smallest absolute Gasteiger partial charge is 0.376 e. The van der Waals surface area contributed by atoms with Crippen LogP contribution >= 0.6 is 0 Å². The molecule has 4 heteroatoms. The van der Waals surface area contributed by atoms with E-state index in [2.05, 4.69) is 9.97 Å². The monoisotopic (exact) mass is 194 g/mol. The second-order valence-corrected chi connectivity index (χ2v) is 2.90. The minimum atomic E-state index is -0.453. The summed E-state index contributed by atoms with van der Waals surface area (Å²) in [7, 11) is 0. The van der Waals surface area contributed by atoms with Gasteiger partial charge in [0.1, 0.15) is 0 Å². The van der Waals surface area contributed by atoms with Gasteiger partial charge in [-0.3, -0.25) is 0 Å². The molecule has 76 valence electrons. The standard InChI is InChI=1S/C10H14N2O2/c1-4-8-6-7(3)11-9(12-8)10(13)14-5-2/h6H,4-5H2,1-3H3. The first kappa shape index (κ1) is 10.6. The Balaban J connectivity index is 2.96. The van der Waals surface area contributed by atoms with Crippen molar-refractivity contribution in [2.45, 2.75) is 27.2 Å². The van der Waals surface area contributed by atoms with Crippen LogP contribution in [0.1, 0.15) is 35.9 Å². The fraction of sp³-hybridized carbons (Fsp3) is 0.500. The third-order valence-corrected chi connectivity index (χ3v) is 1.73. The van der Waals surface area contributed by atoms with Gasteiger partial charge in [0.2, 0.25) is 5.82 Å². The number of carbonyl (C=O) groups is 1. The maximum atomic E-state index is 11.3. The van der Waals surface area contributed by atoms with Gasteiger partial charge >= 0.3 is 5.97 Å². The molecule has 0 fully saturated rings. The molecule has 0 aromatic carbocycles. The van der Waals surface area contributed by atoms with Crippen molar-refractivity contribution in [2.75, 3.05) is 6.61 Å². The highest BCUT2D eigenvalue weighted by molar-refractivity contribution is 5.85. The maximum Gasteiger partial charge on any atom is 0.376 e. The molecular weight excluding hydrogens is 180 g/mol. The highest BCUT2D eigenvalue weighted by atomic mass is 16.5. The Morgan fingerprint density at radius 1 is 1.43 bits per heavy atom. The van der Waals surface area contributed by atoms with Crippen LogP contribution in [0.15, 0.2) is 6.07 Å². The predicted molar refractivity (Wildman–Crippen MR) is 52.1 cm³/mol. The Morgan fingerprint density at radius 3 is 2.71 bits per heavy atom. The fourth-order valence-corrected chi connectivity index (χ4v) is 1.10. The van der Waals surface area contributed by atoms with Gasteiger partial charge in [0.25, 0.3) is 0 Å². The first-order valence-corrected chi connectivity index (χ1v) is 4.69. The normalized spacial score (nSPS) is 9.93. The molecule has 1 heterocycles. The average molecular weight is 194 g/mol. The molecule has 1 aromatic rings. The first-order valence-electron chi connectivity index (χ1n) is 4.69. The van der Waals surface area contributed by atoms with E-state index in [1.54, 1.807) is 6.92 Å². The quantitative estimate of drug-likeness (QED) is 0.684. The van der Waals surface area contributed by atoms with Crippen molar-refractivity contribution in [1.82, 2.24) is 9.97 Å². The summed E-state index contributed by atoms with van der Waals surface area (Å²) in [5, 5.41) is 0. The van der Waals surface area contributed by atoms with Crippen LogP contribution in [0.25, 0.3) is 0 Å². The van der Waals surface area contributed by atoms with Crippen molar-refractivity contribution >= 4 is 5.97 Å². The Labute approximate surface area is 83.3 Å². The van der Waals surface area contributed by atoms with Crippen LogP contribution in [0.4, 0.5) is 0 Å². The van der Waals surface area contributed by atoms with Crippen LogP contribution in [0.2, 0.25) is 0 Å². The number of esters is 1. The zero-order valence-electron chi connectivity index (χ0n) is 8.70. The van der Waals surface area contributed by atoms with Crippen LogP contribution in [0.5, 0.6) is 0 Å². The van der Waals surface area contributed by atoms with Crippen LogP contribution in [-0.2, 0) is 11.2 Å². The van der Waals surface area contributed by atoms with Crippen LogP contribution < -0.4 is 0 Å².